The van der Waals surface area contributed by atoms with Gasteiger partial charge in [-0.15, -0.1) is 0 Å². The van der Waals surface area contributed by atoms with Crippen LogP contribution in [0.2, 0.25) is 0 Å². The van der Waals surface area contributed by atoms with Gasteiger partial charge >= 0.3 is 0 Å². The molecule has 0 aromatic heterocycles. The highest BCUT2D eigenvalue weighted by Gasteiger charge is 2.20. The molecule has 0 fully saturated rings. The predicted octanol–water partition coefficient (Wildman–Crippen LogP) is 2.66. The number of nitrogens with one attached hydrogen (secondary N) is 1. The van der Waals surface area contributed by atoms with Gasteiger partial charge in [0.1, 0.15) is 8.68 Å². The van der Waals surface area contributed by atoms with Gasteiger partial charge in [-0.25, -0.2) is 8.93 Å². The van der Waals surface area contributed by atoms with Gasteiger partial charge < -0.3 is 0 Å². The van der Waals surface area contributed by atoms with Crippen LogP contribution in [0.5, 0.6) is 0 Å². The lowest BCUT2D eigenvalue weighted by atomic mass is 10.1. The van der Waals surface area contributed by atoms with E-state index in [0.717, 1.165) is 16.9 Å². The molecule has 90 valence electrons. The first-order chi connectivity index (χ1) is 7.26. The van der Waals surface area contributed by atoms with Crippen LogP contribution in [-0.2, 0) is 26.3 Å². The Morgan fingerprint density at radius 2 is 1.88 bits per heavy atom. The maximum Gasteiger partial charge on any atom is 0.119 e. The fourth-order valence-corrected chi connectivity index (χ4v) is 4.49. The van der Waals surface area contributed by atoms with Crippen molar-refractivity contribution in [3.8, 4) is 0 Å². The van der Waals surface area contributed by atoms with Gasteiger partial charge in [0.25, 0.3) is 0 Å². The van der Waals surface area contributed by atoms with Gasteiger partial charge in [0.15, 0.2) is 0 Å². The molecule has 0 spiro atoms. The third kappa shape index (κ3) is 3.54. The average Bonchev–Trinajstić information content (AvgIpc) is 2.14. The van der Waals surface area contributed by atoms with E-state index in [1.54, 1.807) is 0 Å². The van der Waals surface area contributed by atoms with Crippen LogP contribution >= 0.6 is 0 Å². The molecule has 0 saturated carbocycles. The molecule has 1 rings (SSSR count). The van der Waals surface area contributed by atoms with Crippen molar-refractivity contribution in [3.05, 3.63) is 29.8 Å². The maximum atomic E-state index is 12.5. The van der Waals surface area contributed by atoms with Crippen LogP contribution in [0.15, 0.2) is 29.2 Å². The van der Waals surface area contributed by atoms with Gasteiger partial charge in [-0.1, -0.05) is 25.1 Å². The van der Waals surface area contributed by atoms with Crippen LogP contribution in [0.25, 0.3) is 0 Å². The summed E-state index contributed by atoms with van der Waals surface area (Å²) in [6.07, 6.45) is 0.843. The van der Waals surface area contributed by atoms with Gasteiger partial charge in [-0.3, -0.25) is 0 Å². The first-order valence-corrected chi connectivity index (χ1v) is 7.86. The van der Waals surface area contributed by atoms with Crippen LogP contribution in [0.4, 0.5) is 0 Å². The second-order valence-corrected chi connectivity index (χ2v) is 7.88. The zero-order chi connectivity index (χ0) is 12.4. The topological polar surface area (TPSA) is 29.1 Å². The van der Waals surface area contributed by atoms with Crippen molar-refractivity contribution >= 4 is 19.9 Å². The van der Waals surface area contributed by atoms with Crippen molar-refractivity contribution in [2.75, 3.05) is 0 Å². The molecule has 1 N–H and O–H groups in total. The maximum absolute atomic E-state index is 12.5. The van der Waals surface area contributed by atoms with Crippen molar-refractivity contribution in [2.45, 2.75) is 44.6 Å². The summed E-state index contributed by atoms with van der Waals surface area (Å²) in [6, 6.07) is 7.66. The van der Waals surface area contributed by atoms with E-state index in [-0.39, 0.29) is 5.54 Å². The summed E-state index contributed by atoms with van der Waals surface area (Å²) in [6.45, 7) is 7.94. The number of benzene rings is 1. The lowest BCUT2D eigenvalue weighted by Gasteiger charge is -2.23. The zero-order valence-electron chi connectivity index (χ0n) is 10.2. The second-order valence-electron chi connectivity index (χ2n) is 4.82. The third-order valence-electron chi connectivity index (χ3n) is 2.08. The largest absolute Gasteiger partial charge is 0.236 e. The Morgan fingerprint density at radius 3 is 2.38 bits per heavy atom. The summed E-state index contributed by atoms with van der Waals surface area (Å²) < 4.78 is 15.5. The number of aryl methyl sites for hydroxylation is 1. The Labute approximate surface area is 103 Å². The highest BCUT2D eigenvalue weighted by atomic mass is 32.8. The van der Waals surface area contributed by atoms with Crippen molar-refractivity contribution < 1.29 is 4.21 Å². The highest BCUT2D eigenvalue weighted by Crippen LogP contribution is 2.18. The van der Waals surface area contributed by atoms with Gasteiger partial charge in [0.05, 0.1) is 4.90 Å². The SMILES string of the molecule is CCc1ccccc1S(=O)(=S)NC(C)(C)C. The Balaban J connectivity index is 3.17. The lowest BCUT2D eigenvalue weighted by molar-refractivity contribution is 0.518. The fraction of sp³-hybridized carbons (Fsp3) is 0.500. The van der Waals surface area contributed by atoms with Gasteiger partial charge in [-0.05, 0) is 38.8 Å². The Bertz CT molecular complexity index is 458. The molecule has 1 atom stereocenters. The van der Waals surface area contributed by atoms with Crippen LogP contribution in [0.3, 0.4) is 0 Å². The van der Waals surface area contributed by atoms with E-state index < -0.39 is 8.68 Å². The fourth-order valence-electron chi connectivity index (χ4n) is 1.52. The predicted molar refractivity (Wildman–Crippen MR) is 72.5 cm³/mol. The van der Waals surface area contributed by atoms with Crippen LogP contribution in [0.1, 0.15) is 33.3 Å². The summed E-state index contributed by atoms with van der Waals surface area (Å²) in [5, 5.41) is 0. The minimum Gasteiger partial charge on any atom is -0.236 e. The molecular weight excluding hydrogens is 238 g/mol. The van der Waals surface area contributed by atoms with Gasteiger partial charge in [0.2, 0.25) is 0 Å². The quantitative estimate of drug-likeness (QED) is 0.902. The molecule has 1 aromatic rings. The number of hydrogen-bond donors (Lipinski definition) is 1. The van der Waals surface area contributed by atoms with Crippen molar-refractivity contribution in [1.82, 2.24) is 4.72 Å². The van der Waals surface area contributed by atoms with Crippen LogP contribution in [-0.4, -0.2) is 9.75 Å². The number of hydrogen-bond acceptors (Lipinski definition) is 2. The van der Waals surface area contributed by atoms with E-state index in [0.29, 0.717) is 0 Å². The van der Waals surface area contributed by atoms with Crippen molar-refractivity contribution in [3.63, 3.8) is 0 Å². The van der Waals surface area contributed by atoms with Gasteiger partial charge in [0, 0.05) is 16.7 Å². The molecule has 1 aromatic carbocycles. The Kier molecular flexibility index (Phi) is 4.10. The lowest BCUT2D eigenvalue weighted by Crippen LogP contribution is -2.40. The molecule has 0 amide bonds. The smallest absolute Gasteiger partial charge is 0.119 e. The molecule has 0 bridgehead atoms. The Morgan fingerprint density at radius 1 is 1.31 bits per heavy atom. The van der Waals surface area contributed by atoms with Crippen molar-refractivity contribution in [2.24, 2.45) is 0 Å². The Hall–Kier alpha value is -0.450. The molecule has 0 heterocycles. The molecule has 16 heavy (non-hydrogen) atoms. The first kappa shape index (κ1) is 13.6. The summed E-state index contributed by atoms with van der Waals surface area (Å²) in [5.74, 6) is 0. The molecule has 1 unspecified atom stereocenters. The zero-order valence-corrected chi connectivity index (χ0v) is 11.9. The second kappa shape index (κ2) is 4.82. The highest BCUT2D eigenvalue weighted by molar-refractivity contribution is 8.31. The van der Waals surface area contributed by atoms with Crippen LogP contribution < -0.4 is 4.72 Å². The van der Waals surface area contributed by atoms with E-state index >= 15 is 0 Å². The molecule has 2 nitrogen and oxygen atoms in total. The molecule has 0 saturated heterocycles. The summed E-state index contributed by atoms with van der Waals surface area (Å²) in [4.78, 5) is 0.752. The molecule has 0 aliphatic carbocycles. The van der Waals surface area contributed by atoms with E-state index in [1.165, 1.54) is 0 Å². The molecule has 0 aliphatic rings. The minimum atomic E-state index is -2.58. The monoisotopic (exact) mass is 257 g/mol. The van der Waals surface area contributed by atoms with E-state index in [9.17, 15) is 4.21 Å². The molecule has 4 heteroatoms. The van der Waals surface area contributed by atoms with E-state index in [4.69, 9.17) is 11.2 Å². The summed E-state index contributed by atoms with van der Waals surface area (Å²) >= 11 is 5.23. The van der Waals surface area contributed by atoms with Crippen LogP contribution in [0, 0.1) is 0 Å². The van der Waals surface area contributed by atoms with Crippen molar-refractivity contribution in [1.29, 1.82) is 0 Å². The third-order valence-corrected chi connectivity index (χ3v) is 4.73. The summed E-state index contributed by atoms with van der Waals surface area (Å²) in [7, 11) is -2.58. The average molecular weight is 257 g/mol. The van der Waals surface area contributed by atoms with Gasteiger partial charge in [-0.2, -0.15) is 0 Å². The molecular formula is C12H19NOS2. The number of rotatable bonds is 3. The summed E-state index contributed by atoms with van der Waals surface area (Å²) in [5.41, 5.74) is 0.805. The van der Waals surface area contributed by atoms with E-state index in [2.05, 4.69) is 4.72 Å². The van der Waals surface area contributed by atoms with E-state index in [1.807, 2.05) is 52.0 Å². The first-order valence-electron chi connectivity index (χ1n) is 5.38. The standard InChI is InChI=1S/C12H19NOS2/c1-5-10-8-6-7-9-11(10)16(14,15)13-12(2,3)4/h6-9,13H,5H2,1-4H3. The minimum absolute atomic E-state index is 0.250. The normalized spacial score (nSPS) is 15.8. The molecule has 0 aliphatic heterocycles. The molecule has 0 radical (unpaired) electrons.